The Morgan fingerprint density at radius 2 is 1.81 bits per heavy atom. The molecule has 0 saturated carbocycles. The number of benzene rings is 1. The summed E-state index contributed by atoms with van der Waals surface area (Å²) in [5.41, 5.74) is 3.67. The lowest BCUT2D eigenvalue weighted by atomic mass is 10.1. The monoisotopic (exact) mass is 367 g/mol. The molecule has 0 aliphatic carbocycles. The summed E-state index contributed by atoms with van der Waals surface area (Å²) in [5, 5.41) is 6.71. The maximum atomic E-state index is 4.74. The van der Waals surface area contributed by atoms with Crippen LogP contribution in [0.4, 0.5) is 0 Å². The zero-order valence-electron chi connectivity index (χ0n) is 16.9. The van der Waals surface area contributed by atoms with E-state index in [-0.39, 0.29) is 0 Å². The molecule has 0 aliphatic heterocycles. The lowest BCUT2D eigenvalue weighted by Gasteiger charge is -2.18. The van der Waals surface area contributed by atoms with E-state index in [1.807, 2.05) is 24.4 Å². The highest BCUT2D eigenvalue weighted by Gasteiger charge is 2.03. The van der Waals surface area contributed by atoms with Crippen LogP contribution in [0.5, 0.6) is 0 Å². The third kappa shape index (κ3) is 7.79. The number of aromatic nitrogens is 1. The van der Waals surface area contributed by atoms with Crippen LogP contribution in [0, 0.1) is 0 Å². The summed E-state index contributed by atoms with van der Waals surface area (Å²) in [6, 6.07) is 14.7. The lowest BCUT2D eigenvalue weighted by Crippen LogP contribution is -2.38. The number of pyridine rings is 1. The Morgan fingerprint density at radius 3 is 2.52 bits per heavy atom. The van der Waals surface area contributed by atoms with E-state index in [9.17, 15) is 0 Å². The van der Waals surface area contributed by atoms with Gasteiger partial charge in [0.2, 0.25) is 0 Å². The Morgan fingerprint density at radius 1 is 1.00 bits per heavy atom. The Bertz CT molecular complexity index is 680. The van der Waals surface area contributed by atoms with Crippen LogP contribution in [0.1, 0.15) is 37.6 Å². The third-order valence-electron chi connectivity index (χ3n) is 4.46. The van der Waals surface area contributed by atoms with Gasteiger partial charge in [0, 0.05) is 37.9 Å². The second kappa shape index (κ2) is 12.1. The van der Waals surface area contributed by atoms with Gasteiger partial charge in [0.15, 0.2) is 5.96 Å². The Hall–Kier alpha value is -2.40. The molecule has 1 aromatic heterocycles. The van der Waals surface area contributed by atoms with Gasteiger partial charge in [-0.15, -0.1) is 0 Å². The average molecular weight is 368 g/mol. The van der Waals surface area contributed by atoms with Crippen molar-refractivity contribution in [3.63, 3.8) is 0 Å². The van der Waals surface area contributed by atoms with Crippen molar-refractivity contribution < 1.29 is 0 Å². The fraction of sp³-hybridized carbons (Fsp3) is 0.455. The molecule has 0 amide bonds. The van der Waals surface area contributed by atoms with Gasteiger partial charge in [-0.05, 0) is 43.3 Å². The summed E-state index contributed by atoms with van der Waals surface area (Å²) in [6.45, 7) is 12.0. The van der Waals surface area contributed by atoms with Crippen molar-refractivity contribution in [3.05, 3.63) is 65.5 Å². The first-order valence-corrected chi connectivity index (χ1v) is 9.97. The highest BCUT2D eigenvalue weighted by molar-refractivity contribution is 5.79. The molecule has 0 saturated heterocycles. The van der Waals surface area contributed by atoms with Gasteiger partial charge in [0.1, 0.15) is 0 Å². The number of guanidine groups is 1. The van der Waals surface area contributed by atoms with Crippen molar-refractivity contribution >= 4 is 5.96 Å². The molecule has 0 atom stereocenters. The molecule has 5 nitrogen and oxygen atoms in total. The Balaban J connectivity index is 1.91. The van der Waals surface area contributed by atoms with E-state index in [0.29, 0.717) is 6.54 Å². The fourth-order valence-electron chi connectivity index (χ4n) is 2.90. The second-order valence-corrected chi connectivity index (χ2v) is 6.47. The summed E-state index contributed by atoms with van der Waals surface area (Å²) in [4.78, 5) is 11.5. The largest absolute Gasteiger partial charge is 0.357 e. The molecular formula is C22H33N5. The molecule has 0 spiro atoms. The first-order chi connectivity index (χ1) is 13.2. The maximum Gasteiger partial charge on any atom is 0.191 e. The lowest BCUT2D eigenvalue weighted by molar-refractivity contribution is 0.296. The van der Waals surface area contributed by atoms with E-state index in [2.05, 4.69) is 65.6 Å². The minimum absolute atomic E-state index is 0.672. The van der Waals surface area contributed by atoms with E-state index >= 15 is 0 Å². The molecule has 2 N–H and O–H groups in total. The number of hydrogen-bond donors (Lipinski definition) is 2. The number of hydrogen-bond acceptors (Lipinski definition) is 3. The van der Waals surface area contributed by atoms with Crippen LogP contribution in [-0.4, -0.2) is 42.0 Å². The van der Waals surface area contributed by atoms with Crippen LogP contribution in [0.2, 0.25) is 0 Å². The highest BCUT2D eigenvalue weighted by atomic mass is 15.2. The number of rotatable bonds is 10. The van der Waals surface area contributed by atoms with Gasteiger partial charge in [0.05, 0.1) is 6.54 Å². The molecule has 2 aromatic rings. The van der Waals surface area contributed by atoms with Gasteiger partial charge < -0.3 is 10.6 Å². The van der Waals surface area contributed by atoms with Gasteiger partial charge in [0.25, 0.3) is 0 Å². The normalized spacial score (nSPS) is 11.6. The second-order valence-electron chi connectivity index (χ2n) is 6.47. The topological polar surface area (TPSA) is 52.6 Å². The van der Waals surface area contributed by atoms with Crippen LogP contribution in [0.3, 0.4) is 0 Å². The van der Waals surface area contributed by atoms with E-state index in [1.165, 1.54) is 11.1 Å². The summed E-state index contributed by atoms with van der Waals surface area (Å²) in [7, 11) is 0. The smallest absolute Gasteiger partial charge is 0.191 e. The Labute approximate surface area is 163 Å². The molecule has 2 rings (SSSR count). The summed E-state index contributed by atoms with van der Waals surface area (Å²) in [5.74, 6) is 0.850. The Kier molecular flexibility index (Phi) is 9.35. The van der Waals surface area contributed by atoms with Crippen LogP contribution in [0.25, 0.3) is 0 Å². The standard InChI is InChI=1S/C22H33N5/c1-4-23-22(25-15-13-21-12-7-8-14-24-21)26-17-19-10-9-11-20(16-19)18-27(5-2)6-3/h7-12,14,16H,4-6,13,15,17-18H2,1-3H3,(H2,23,25,26). The molecular weight excluding hydrogens is 334 g/mol. The maximum absolute atomic E-state index is 4.74. The molecule has 1 aromatic carbocycles. The number of nitrogens with zero attached hydrogens (tertiary/aromatic N) is 3. The summed E-state index contributed by atoms with van der Waals surface area (Å²) >= 11 is 0. The zero-order valence-corrected chi connectivity index (χ0v) is 16.9. The summed E-state index contributed by atoms with van der Waals surface area (Å²) < 4.78 is 0. The molecule has 27 heavy (non-hydrogen) atoms. The van der Waals surface area contributed by atoms with E-state index in [1.54, 1.807) is 0 Å². The van der Waals surface area contributed by atoms with E-state index < -0.39 is 0 Å². The van der Waals surface area contributed by atoms with Crippen LogP contribution >= 0.6 is 0 Å². The molecule has 0 unspecified atom stereocenters. The SMILES string of the molecule is CCNC(=NCc1cccc(CN(CC)CC)c1)NCCc1ccccn1. The predicted octanol–water partition coefficient (Wildman–Crippen LogP) is 3.22. The molecule has 0 fully saturated rings. The third-order valence-corrected chi connectivity index (χ3v) is 4.46. The minimum Gasteiger partial charge on any atom is -0.357 e. The van der Waals surface area contributed by atoms with Gasteiger partial charge >= 0.3 is 0 Å². The molecule has 0 bridgehead atoms. The van der Waals surface area contributed by atoms with Crippen molar-refractivity contribution in [1.82, 2.24) is 20.5 Å². The molecule has 1 heterocycles. The minimum atomic E-state index is 0.672. The predicted molar refractivity (Wildman–Crippen MR) is 114 cm³/mol. The van der Waals surface area contributed by atoms with Crippen molar-refractivity contribution in [2.75, 3.05) is 26.2 Å². The highest BCUT2D eigenvalue weighted by Crippen LogP contribution is 2.09. The van der Waals surface area contributed by atoms with E-state index in [0.717, 1.165) is 50.8 Å². The molecule has 0 aliphatic rings. The van der Waals surface area contributed by atoms with E-state index in [4.69, 9.17) is 4.99 Å². The average Bonchev–Trinajstić information content (AvgIpc) is 2.71. The number of aliphatic imine (C=N–C) groups is 1. The van der Waals surface area contributed by atoms with Gasteiger partial charge in [-0.3, -0.25) is 9.88 Å². The first-order valence-electron chi connectivity index (χ1n) is 9.97. The zero-order chi connectivity index (χ0) is 19.3. The van der Waals surface area contributed by atoms with Crippen molar-refractivity contribution in [2.24, 2.45) is 4.99 Å². The fourth-order valence-corrected chi connectivity index (χ4v) is 2.90. The first kappa shape index (κ1) is 20.9. The number of nitrogens with one attached hydrogen (secondary N) is 2. The molecule has 5 heteroatoms. The van der Waals surface area contributed by atoms with Crippen molar-refractivity contribution in [3.8, 4) is 0 Å². The quantitative estimate of drug-likeness (QED) is 0.500. The van der Waals surface area contributed by atoms with Crippen LogP contribution in [0.15, 0.2) is 53.7 Å². The van der Waals surface area contributed by atoms with Gasteiger partial charge in [-0.25, -0.2) is 4.99 Å². The van der Waals surface area contributed by atoms with Crippen LogP contribution < -0.4 is 10.6 Å². The molecule has 146 valence electrons. The van der Waals surface area contributed by atoms with Gasteiger partial charge in [-0.2, -0.15) is 0 Å². The van der Waals surface area contributed by atoms with Crippen LogP contribution in [-0.2, 0) is 19.5 Å². The van der Waals surface area contributed by atoms with Crippen molar-refractivity contribution in [1.29, 1.82) is 0 Å². The van der Waals surface area contributed by atoms with Gasteiger partial charge in [-0.1, -0.05) is 44.2 Å². The van der Waals surface area contributed by atoms with Crippen molar-refractivity contribution in [2.45, 2.75) is 40.3 Å². The molecule has 0 radical (unpaired) electrons. The summed E-state index contributed by atoms with van der Waals surface area (Å²) in [6.07, 6.45) is 2.71.